The third kappa shape index (κ3) is 3.14. The van der Waals surface area contributed by atoms with Crippen LogP contribution in [0.4, 0.5) is 4.39 Å². The number of aliphatic carboxylic acids is 1. The number of rotatable bonds is 4. The van der Waals surface area contributed by atoms with E-state index >= 15 is 0 Å². The Bertz CT molecular complexity index is 520. The second kappa shape index (κ2) is 6.00. The summed E-state index contributed by atoms with van der Waals surface area (Å²) < 4.78 is 18.7. The summed E-state index contributed by atoms with van der Waals surface area (Å²) in [6, 6.07) is 5.68. The zero-order valence-electron chi connectivity index (χ0n) is 11.0. The van der Waals surface area contributed by atoms with Crippen molar-refractivity contribution in [1.29, 1.82) is 0 Å². The maximum atomic E-state index is 13.6. The van der Waals surface area contributed by atoms with Crippen LogP contribution in [0.2, 0.25) is 0 Å². The van der Waals surface area contributed by atoms with Crippen LogP contribution in [-0.2, 0) is 14.3 Å². The van der Waals surface area contributed by atoms with E-state index in [1.807, 2.05) is 0 Å². The summed E-state index contributed by atoms with van der Waals surface area (Å²) in [5.41, 5.74) is 0.383. The van der Waals surface area contributed by atoms with Crippen molar-refractivity contribution < 1.29 is 23.8 Å². The lowest BCUT2D eigenvalue weighted by Crippen LogP contribution is -2.37. The predicted octanol–water partition coefficient (Wildman–Crippen LogP) is 1.64. The van der Waals surface area contributed by atoms with Gasteiger partial charge in [0, 0.05) is 5.56 Å². The molecule has 1 amide bonds. The van der Waals surface area contributed by atoms with Crippen molar-refractivity contribution in [2.45, 2.75) is 38.0 Å². The van der Waals surface area contributed by atoms with E-state index in [0.717, 1.165) is 0 Å². The molecule has 1 aliphatic heterocycles. The Morgan fingerprint density at radius 2 is 2.00 bits per heavy atom. The second-order valence-electron chi connectivity index (χ2n) is 4.78. The van der Waals surface area contributed by atoms with Crippen molar-refractivity contribution in [2.75, 3.05) is 0 Å². The lowest BCUT2D eigenvalue weighted by atomic mass is 10.1. The molecule has 0 spiro atoms. The topological polar surface area (TPSA) is 75.6 Å². The molecule has 0 aliphatic carbocycles. The summed E-state index contributed by atoms with van der Waals surface area (Å²) in [7, 11) is 0. The van der Waals surface area contributed by atoms with E-state index in [9.17, 15) is 14.0 Å². The number of carboxylic acids is 1. The average molecular weight is 281 g/mol. The van der Waals surface area contributed by atoms with Gasteiger partial charge in [0.05, 0.1) is 6.04 Å². The smallest absolute Gasteiger partial charge is 0.332 e. The fraction of sp³-hybridized carbons (Fsp3) is 0.429. The van der Waals surface area contributed by atoms with Crippen LogP contribution in [0.3, 0.4) is 0 Å². The molecule has 0 unspecified atom stereocenters. The summed E-state index contributed by atoms with van der Waals surface area (Å²) >= 11 is 0. The molecule has 3 atom stereocenters. The highest BCUT2D eigenvalue weighted by atomic mass is 19.1. The molecule has 0 saturated carbocycles. The third-order valence-electron chi connectivity index (χ3n) is 3.32. The maximum Gasteiger partial charge on any atom is 0.332 e. The van der Waals surface area contributed by atoms with E-state index in [1.54, 1.807) is 25.1 Å². The van der Waals surface area contributed by atoms with Gasteiger partial charge in [-0.1, -0.05) is 18.2 Å². The van der Waals surface area contributed by atoms with Crippen LogP contribution >= 0.6 is 0 Å². The van der Waals surface area contributed by atoms with Crippen LogP contribution in [0.5, 0.6) is 0 Å². The number of nitrogens with one attached hydrogen (secondary N) is 1. The molecule has 20 heavy (non-hydrogen) atoms. The van der Waals surface area contributed by atoms with E-state index in [4.69, 9.17) is 9.84 Å². The first kappa shape index (κ1) is 14.5. The van der Waals surface area contributed by atoms with E-state index in [0.29, 0.717) is 18.4 Å². The van der Waals surface area contributed by atoms with E-state index in [1.165, 1.54) is 6.07 Å². The minimum Gasteiger partial charge on any atom is -0.479 e. The van der Waals surface area contributed by atoms with Crippen LogP contribution in [0.25, 0.3) is 0 Å². The molecular formula is C14H16FNO4. The van der Waals surface area contributed by atoms with Crippen molar-refractivity contribution in [1.82, 2.24) is 5.32 Å². The van der Waals surface area contributed by atoms with Gasteiger partial charge in [0.1, 0.15) is 11.9 Å². The number of amides is 1. The Kier molecular flexibility index (Phi) is 4.34. The predicted molar refractivity (Wildman–Crippen MR) is 68.5 cm³/mol. The molecule has 1 heterocycles. The monoisotopic (exact) mass is 281 g/mol. The molecule has 2 N–H and O–H groups in total. The summed E-state index contributed by atoms with van der Waals surface area (Å²) in [4.78, 5) is 22.7. The first-order valence-electron chi connectivity index (χ1n) is 6.42. The van der Waals surface area contributed by atoms with Crippen LogP contribution in [0.15, 0.2) is 24.3 Å². The summed E-state index contributed by atoms with van der Waals surface area (Å²) in [6.07, 6.45) is -1.06. The van der Waals surface area contributed by atoms with Crippen molar-refractivity contribution in [3.63, 3.8) is 0 Å². The first-order valence-corrected chi connectivity index (χ1v) is 6.42. The second-order valence-corrected chi connectivity index (χ2v) is 4.78. The molecule has 0 radical (unpaired) electrons. The van der Waals surface area contributed by atoms with Gasteiger partial charge in [0.2, 0.25) is 5.91 Å². The number of ether oxygens (including phenoxy) is 1. The molecule has 1 fully saturated rings. The van der Waals surface area contributed by atoms with Crippen LogP contribution in [-0.4, -0.2) is 29.2 Å². The van der Waals surface area contributed by atoms with Gasteiger partial charge in [-0.15, -0.1) is 0 Å². The van der Waals surface area contributed by atoms with Crippen LogP contribution in [0.1, 0.15) is 31.4 Å². The number of halogens is 1. The zero-order valence-corrected chi connectivity index (χ0v) is 11.0. The quantitative estimate of drug-likeness (QED) is 0.879. The van der Waals surface area contributed by atoms with E-state index < -0.39 is 35.9 Å². The number of carbonyl (C=O) groups excluding carboxylic acids is 1. The normalized spacial score (nSPS) is 23.3. The Labute approximate surface area is 115 Å². The van der Waals surface area contributed by atoms with Gasteiger partial charge in [0.15, 0.2) is 6.10 Å². The highest BCUT2D eigenvalue weighted by Gasteiger charge is 2.35. The summed E-state index contributed by atoms with van der Waals surface area (Å²) in [5, 5.41) is 11.4. The standard InChI is InChI=1S/C14H16FNO4/c1-8(9-4-2-3-5-10(9)15)16-13(17)11-6-7-12(20-11)14(18)19/h2-5,8,11-12H,6-7H2,1H3,(H,16,17)(H,18,19)/t8-,11-,12+/m0/s1. The number of carboxylic acid groups (broad SMARTS) is 1. The Balaban J connectivity index is 1.95. The van der Waals surface area contributed by atoms with Gasteiger partial charge in [-0.3, -0.25) is 4.79 Å². The van der Waals surface area contributed by atoms with Gasteiger partial charge in [-0.25, -0.2) is 9.18 Å². The number of benzene rings is 1. The van der Waals surface area contributed by atoms with Crippen molar-refractivity contribution in [3.05, 3.63) is 35.6 Å². The number of hydrogen-bond donors (Lipinski definition) is 2. The van der Waals surface area contributed by atoms with E-state index in [-0.39, 0.29) is 0 Å². The Hall–Kier alpha value is -1.95. The summed E-state index contributed by atoms with van der Waals surface area (Å²) in [5.74, 6) is -1.87. The molecule has 108 valence electrons. The molecule has 0 bridgehead atoms. The maximum absolute atomic E-state index is 13.6. The van der Waals surface area contributed by atoms with Gasteiger partial charge >= 0.3 is 5.97 Å². The lowest BCUT2D eigenvalue weighted by molar-refractivity contribution is -0.151. The highest BCUT2D eigenvalue weighted by Crippen LogP contribution is 2.22. The number of carbonyl (C=O) groups is 2. The van der Waals surface area contributed by atoms with Crippen LogP contribution < -0.4 is 5.32 Å². The molecular weight excluding hydrogens is 265 g/mol. The molecule has 1 aromatic rings. The largest absolute Gasteiger partial charge is 0.479 e. The molecule has 2 rings (SSSR count). The van der Waals surface area contributed by atoms with Crippen molar-refractivity contribution in [3.8, 4) is 0 Å². The molecule has 1 aliphatic rings. The minimum atomic E-state index is -1.07. The zero-order chi connectivity index (χ0) is 14.7. The molecule has 1 aromatic carbocycles. The Morgan fingerprint density at radius 1 is 1.35 bits per heavy atom. The third-order valence-corrected chi connectivity index (χ3v) is 3.32. The molecule has 0 aromatic heterocycles. The molecule has 6 heteroatoms. The van der Waals surface area contributed by atoms with E-state index in [2.05, 4.69) is 5.32 Å². The first-order chi connectivity index (χ1) is 9.49. The highest BCUT2D eigenvalue weighted by molar-refractivity contribution is 5.83. The summed E-state index contributed by atoms with van der Waals surface area (Å²) in [6.45, 7) is 1.67. The molecule has 1 saturated heterocycles. The lowest BCUT2D eigenvalue weighted by Gasteiger charge is -2.18. The Morgan fingerprint density at radius 3 is 2.60 bits per heavy atom. The fourth-order valence-corrected chi connectivity index (χ4v) is 2.22. The minimum absolute atomic E-state index is 0.307. The van der Waals surface area contributed by atoms with Gasteiger partial charge < -0.3 is 15.2 Å². The van der Waals surface area contributed by atoms with Crippen LogP contribution in [0, 0.1) is 5.82 Å². The SMILES string of the molecule is C[C@H](NC(=O)[C@@H]1CC[C@H](C(=O)O)O1)c1ccccc1F. The molecule has 5 nitrogen and oxygen atoms in total. The average Bonchev–Trinajstić information content (AvgIpc) is 2.88. The van der Waals surface area contributed by atoms with Gasteiger partial charge in [-0.05, 0) is 25.8 Å². The van der Waals surface area contributed by atoms with Crippen molar-refractivity contribution in [2.24, 2.45) is 0 Å². The van der Waals surface area contributed by atoms with Crippen molar-refractivity contribution >= 4 is 11.9 Å². The number of hydrogen-bond acceptors (Lipinski definition) is 3. The fourth-order valence-electron chi connectivity index (χ4n) is 2.22. The van der Waals surface area contributed by atoms with Gasteiger partial charge in [-0.2, -0.15) is 0 Å². The van der Waals surface area contributed by atoms with Gasteiger partial charge in [0.25, 0.3) is 0 Å².